The number of H-pyrrole nitrogens is 1. The maximum absolute atomic E-state index is 10.7. The van der Waals surface area contributed by atoms with Gasteiger partial charge >= 0.3 is 5.97 Å². The number of aromatic nitrogens is 4. The highest BCUT2D eigenvalue weighted by molar-refractivity contribution is 7.98. The number of carboxylic acids is 1. The van der Waals surface area contributed by atoms with Crippen molar-refractivity contribution < 1.29 is 14.3 Å². The molecule has 96 valence electrons. The molecule has 3 aromatic heterocycles. The van der Waals surface area contributed by atoms with Gasteiger partial charge in [-0.2, -0.15) is 0 Å². The van der Waals surface area contributed by atoms with Crippen molar-refractivity contribution in [2.75, 3.05) is 0 Å². The zero-order valence-electron chi connectivity index (χ0n) is 9.53. The molecule has 0 amide bonds. The largest absolute Gasteiger partial charge is 0.478 e. The zero-order valence-corrected chi connectivity index (χ0v) is 10.3. The summed E-state index contributed by atoms with van der Waals surface area (Å²) in [6, 6.07) is 1.50. The van der Waals surface area contributed by atoms with E-state index >= 15 is 0 Å². The molecular formula is C11H8N4O3S. The number of rotatable bonds is 4. The zero-order chi connectivity index (χ0) is 13.2. The van der Waals surface area contributed by atoms with Gasteiger partial charge in [0, 0.05) is 0 Å². The molecular weight excluding hydrogens is 268 g/mol. The second-order valence-corrected chi connectivity index (χ2v) is 4.64. The molecule has 0 spiro atoms. The fraction of sp³-hybridized carbons (Fsp3) is 0.0909. The molecule has 0 aliphatic rings. The summed E-state index contributed by atoms with van der Waals surface area (Å²) in [4.78, 5) is 25.9. The highest BCUT2D eigenvalue weighted by atomic mass is 32.2. The van der Waals surface area contributed by atoms with Crippen LogP contribution in [-0.4, -0.2) is 31.0 Å². The van der Waals surface area contributed by atoms with Crippen LogP contribution in [0.2, 0.25) is 0 Å². The van der Waals surface area contributed by atoms with Crippen molar-refractivity contribution in [3.63, 3.8) is 0 Å². The summed E-state index contributed by atoms with van der Waals surface area (Å²) in [5.41, 5.74) is 1.51. The number of hydrogen-bond acceptors (Lipinski definition) is 6. The third-order valence-electron chi connectivity index (χ3n) is 2.44. The minimum absolute atomic E-state index is 0.143. The van der Waals surface area contributed by atoms with Gasteiger partial charge in [-0.3, -0.25) is 0 Å². The molecule has 7 nitrogen and oxygen atoms in total. The number of aromatic carboxylic acids is 1. The van der Waals surface area contributed by atoms with Crippen LogP contribution in [0.15, 0.2) is 34.4 Å². The van der Waals surface area contributed by atoms with E-state index in [1.165, 1.54) is 30.4 Å². The van der Waals surface area contributed by atoms with Gasteiger partial charge in [-0.15, -0.1) is 0 Å². The van der Waals surface area contributed by atoms with E-state index in [-0.39, 0.29) is 5.56 Å². The van der Waals surface area contributed by atoms with E-state index in [0.717, 1.165) is 10.5 Å². The lowest BCUT2D eigenvalue weighted by Gasteiger charge is -1.98. The smallest absolute Gasteiger partial charge is 0.338 e. The van der Waals surface area contributed by atoms with Crippen LogP contribution in [0.5, 0.6) is 0 Å². The average molecular weight is 276 g/mol. The highest BCUT2D eigenvalue weighted by Crippen LogP contribution is 2.26. The molecule has 0 unspecified atom stereocenters. The first-order valence-corrected chi connectivity index (χ1v) is 6.30. The molecule has 0 aromatic carbocycles. The third kappa shape index (κ3) is 2.29. The van der Waals surface area contributed by atoms with Crippen molar-refractivity contribution >= 4 is 28.9 Å². The summed E-state index contributed by atoms with van der Waals surface area (Å²) in [5.74, 6) is 0.0602. The number of fused-ring (bicyclic) bond motifs is 1. The SMILES string of the molecule is O=C(O)c1coc(CSc2ncnc3nc[nH]c23)c1. The third-order valence-corrected chi connectivity index (χ3v) is 3.45. The van der Waals surface area contributed by atoms with Gasteiger partial charge in [0.15, 0.2) is 5.65 Å². The molecule has 0 saturated heterocycles. The van der Waals surface area contributed by atoms with Crippen LogP contribution in [0.25, 0.3) is 11.2 Å². The average Bonchev–Trinajstić information content (AvgIpc) is 3.05. The second kappa shape index (κ2) is 4.73. The molecule has 2 N–H and O–H groups in total. The number of imidazole rings is 1. The Bertz CT molecular complexity index is 736. The van der Waals surface area contributed by atoms with Crippen LogP contribution in [0.4, 0.5) is 0 Å². The molecule has 0 atom stereocenters. The van der Waals surface area contributed by atoms with Gasteiger partial charge in [-0.1, -0.05) is 11.8 Å². The number of carboxylic acid groups (broad SMARTS) is 1. The van der Waals surface area contributed by atoms with E-state index in [1.807, 2.05) is 0 Å². The van der Waals surface area contributed by atoms with Crippen molar-refractivity contribution in [1.82, 2.24) is 19.9 Å². The van der Waals surface area contributed by atoms with Gasteiger partial charge in [0.2, 0.25) is 0 Å². The Kier molecular flexibility index (Phi) is 2.92. The van der Waals surface area contributed by atoms with E-state index in [0.29, 0.717) is 17.2 Å². The number of thioether (sulfide) groups is 1. The van der Waals surface area contributed by atoms with E-state index in [9.17, 15) is 4.79 Å². The van der Waals surface area contributed by atoms with Gasteiger partial charge in [0.05, 0.1) is 17.6 Å². The molecule has 0 bridgehead atoms. The molecule has 0 saturated carbocycles. The van der Waals surface area contributed by atoms with Gasteiger partial charge in [-0.25, -0.2) is 19.7 Å². The second-order valence-electron chi connectivity index (χ2n) is 3.68. The lowest BCUT2D eigenvalue weighted by atomic mass is 10.3. The van der Waals surface area contributed by atoms with E-state index in [1.54, 1.807) is 6.33 Å². The molecule has 0 aliphatic heterocycles. The Morgan fingerprint density at radius 2 is 2.32 bits per heavy atom. The lowest BCUT2D eigenvalue weighted by molar-refractivity contribution is 0.0696. The van der Waals surface area contributed by atoms with Crippen molar-refractivity contribution in [3.05, 3.63) is 36.3 Å². The summed E-state index contributed by atoms with van der Waals surface area (Å²) >= 11 is 1.42. The summed E-state index contributed by atoms with van der Waals surface area (Å²) in [6.07, 6.45) is 4.22. The maximum atomic E-state index is 10.7. The van der Waals surface area contributed by atoms with Crippen LogP contribution < -0.4 is 0 Å². The molecule has 0 fully saturated rings. The summed E-state index contributed by atoms with van der Waals surface area (Å²) in [7, 11) is 0. The first-order valence-electron chi connectivity index (χ1n) is 5.31. The summed E-state index contributed by atoms with van der Waals surface area (Å²) < 4.78 is 5.17. The van der Waals surface area contributed by atoms with Crippen LogP contribution in [0, 0.1) is 0 Å². The molecule has 0 aliphatic carbocycles. The van der Waals surface area contributed by atoms with Gasteiger partial charge in [-0.05, 0) is 6.07 Å². The van der Waals surface area contributed by atoms with Crippen LogP contribution >= 0.6 is 11.8 Å². The minimum atomic E-state index is -1.00. The fourth-order valence-electron chi connectivity index (χ4n) is 1.56. The molecule has 8 heteroatoms. The Morgan fingerprint density at radius 1 is 1.42 bits per heavy atom. The monoisotopic (exact) mass is 276 g/mol. The predicted molar refractivity (Wildman–Crippen MR) is 66.9 cm³/mol. The molecule has 3 rings (SSSR count). The highest BCUT2D eigenvalue weighted by Gasteiger charge is 2.11. The Hall–Kier alpha value is -2.35. The topological polar surface area (TPSA) is 105 Å². The molecule has 19 heavy (non-hydrogen) atoms. The standard InChI is InChI=1S/C11H8N4O3S/c16-11(17)6-1-7(18-2-6)3-19-10-8-9(13-4-12-8)14-5-15-10/h1-2,4-5H,3H2,(H,16,17)(H,12,13,14,15). The van der Waals surface area contributed by atoms with Crippen LogP contribution in [-0.2, 0) is 5.75 Å². The number of aromatic amines is 1. The number of carbonyl (C=O) groups is 1. The van der Waals surface area contributed by atoms with Crippen molar-refractivity contribution in [1.29, 1.82) is 0 Å². The fourth-order valence-corrected chi connectivity index (χ4v) is 2.41. The normalized spacial score (nSPS) is 10.9. The first-order chi connectivity index (χ1) is 9.24. The van der Waals surface area contributed by atoms with Gasteiger partial charge < -0.3 is 14.5 Å². The van der Waals surface area contributed by atoms with Crippen LogP contribution in [0.3, 0.4) is 0 Å². The number of hydrogen-bond donors (Lipinski definition) is 2. The number of nitrogens with zero attached hydrogens (tertiary/aromatic N) is 3. The minimum Gasteiger partial charge on any atom is -0.478 e. The van der Waals surface area contributed by atoms with Crippen molar-refractivity contribution in [2.24, 2.45) is 0 Å². The molecule has 3 heterocycles. The Morgan fingerprint density at radius 3 is 3.11 bits per heavy atom. The summed E-state index contributed by atoms with van der Waals surface area (Å²) in [5, 5.41) is 9.54. The molecule has 3 aromatic rings. The van der Waals surface area contributed by atoms with Gasteiger partial charge in [0.1, 0.15) is 28.9 Å². The predicted octanol–water partition coefficient (Wildman–Crippen LogP) is 1.94. The number of furan rings is 1. The lowest BCUT2D eigenvalue weighted by Crippen LogP contribution is -1.91. The maximum Gasteiger partial charge on any atom is 0.338 e. The first kappa shape index (κ1) is 11.7. The van der Waals surface area contributed by atoms with Crippen molar-refractivity contribution in [2.45, 2.75) is 10.8 Å². The Balaban J connectivity index is 1.78. The van der Waals surface area contributed by atoms with E-state index in [4.69, 9.17) is 9.52 Å². The van der Waals surface area contributed by atoms with Crippen molar-refractivity contribution in [3.8, 4) is 0 Å². The van der Waals surface area contributed by atoms with Crippen LogP contribution in [0.1, 0.15) is 16.1 Å². The Labute approximate surface area is 111 Å². The summed E-state index contributed by atoms with van der Waals surface area (Å²) in [6.45, 7) is 0. The number of nitrogens with one attached hydrogen (secondary N) is 1. The van der Waals surface area contributed by atoms with Gasteiger partial charge in [0.25, 0.3) is 0 Å². The van der Waals surface area contributed by atoms with E-state index in [2.05, 4.69) is 19.9 Å². The molecule has 0 radical (unpaired) electrons. The van der Waals surface area contributed by atoms with E-state index < -0.39 is 5.97 Å². The quantitative estimate of drug-likeness (QED) is 0.554.